The Hall–Kier alpha value is -1.65. The number of hydrogen-bond acceptors (Lipinski definition) is 2. The van der Waals surface area contributed by atoms with Crippen molar-refractivity contribution in [2.75, 3.05) is 6.54 Å². The van der Waals surface area contributed by atoms with Crippen LogP contribution in [0.25, 0.3) is 0 Å². The predicted octanol–water partition coefficient (Wildman–Crippen LogP) is 4.43. The first-order chi connectivity index (χ1) is 11.2. The van der Waals surface area contributed by atoms with Gasteiger partial charge in [0.15, 0.2) is 0 Å². The molecule has 0 spiro atoms. The highest BCUT2D eigenvalue weighted by Crippen LogP contribution is 2.38. The van der Waals surface area contributed by atoms with Crippen LogP contribution in [-0.4, -0.2) is 19.3 Å². The smallest absolute Gasteiger partial charge is 0.207 e. The van der Waals surface area contributed by atoms with Crippen LogP contribution < -0.4 is 0 Å². The molecule has 2 aromatic carbocycles. The number of nitrogens with zero attached hydrogens (tertiary/aromatic N) is 1. The molecule has 1 saturated heterocycles. The largest absolute Gasteiger partial charge is 0.243 e. The highest BCUT2D eigenvalue weighted by Gasteiger charge is 2.39. The van der Waals surface area contributed by atoms with Gasteiger partial charge < -0.3 is 0 Å². The predicted molar refractivity (Wildman–Crippen MR) is 97.6 cm³/mol. The van der Waals surface area contributed by atoms with Crippen LogP contribution in [0.2, 0.25) is 0 Å². The first kappa shape index (κ1) is 17.2. The zero-order chi connectivity index (χ0) is 17.5. The van der Waals surface area contributed by atoms with Gasteiger partial charge in [-0.25, -0.2) is 8.42 Å². The summed E-state index contributed by atoms with van der Waals surface area (Å²) in [4.78, 5) is 0.379. The van der Waals surface area contributed by atoms with Crippen molar-refractivity contribution in [2.24, 2.45) is 0 Å². The van der Waals surface area contributed by atoms with E-state index >= 15 is 0 Å². The van der Waals surface area contributed by atoms with E-state index in [0.717, 1.165) is 17.5 Å². The van der Waals surface area contributed by atoms with Gasteiger partial charge in [0.25, 0.3) is 0 Å². The first-order valence-corrected chi connectivity index (χ1v) is 9.82. The highest BCUT2D eigenvalue weighted by atomic mass is 32.2. The van der Waals surface area contributed by atoms with Gasteiger partial charge in [0.05, 0.1) is 10.9 Å². The van der Waals surface area contributed by atoms with Crippen LogP contribution >= 0.6 is 0 Å². The van der Waals surface area contributed by atoms with E-state index in [2.05, 4.69) is 45.0 Å². The summed E-state index contributed by atoms with van der Waals surface area (Å²) in [6, 6.07) is 15.4. The Labute approximate surface area is 145 Å². The Morgan fingerprint density at radius 1 is 0.958 bits per heavy atom. The Kier molecular flexibility index (Phi) is 4.30. The van der Waals surface area contributed by atoms with Crippen LogP contribution in [0.1, 0.15) is 49.9 Å². The van der Waals surface area contributed by atoms with Crippen LogP contribution in [0.4, 0.5) is 0 Å². The van der Waals surface area contributed by atoms with Crippen molar-refractivity contribution in [1.82, 2.24) is 4.31 Å². The minimum absolute atomic E-state index is 0.0506. The first-order valence-electron chi connectivity index (χ1n) is 8.38. The lowest BCUT2D eigenvalue weighted by Gasteiger charge is -2.40. The molecule has 128 valence electrons. The van der Waals surface area contributed by atoms with Crippen molar-refractivity contribution in [1.29, 1.82) is 0 Å². The monoisotopic (exact) mass is 343 g/mol. The molecule has 0 saturated carbocycles. The van der Waals surface area contributed by atoms with Gasteiger partial charge in [-0.05, 0) is 42.0 Å². The zero-order valence-electron chi connectivity index (χ0n) is 14.8. The van der Waals surface area contributed by atoms with Crippen molar-refractivity contribution < 1.29 is 8.42 Å². The van der Waals surface area contributed by atoms with E-state index in [9.17, 15) is 8.42 Å². The molecule has 1 atom stereocenters. The lowest BCUT2D eigenvalue weighted by Crippen LogP contribution is -2.44. The second-order valence-electron chi connectivity index (χ2n) is 7.61. The quantitative estimate of drug-likeness (QED) is 0.827. The average molecular weight is 343 g/mol. The molecule has 0 aromatic heterocycles. The molecule has 3 nitrogen and oxygen atoms in total. The van der Waals surface area contributed by atoms with E-state index in [-0.39, 0.29) is 11.5 Å². The van der Waals surface area contributed by atoms with Crippen molar-refractivity contribution in [2.45, 2.75) is 50.5 Å². The van der Waals surface area contributed by atoms with E-state index < -0.39 is 10.0 Å². The molecular formula is C20H25NO2S. The number of rotatable bonds is 3. The molecule has 4 heteroatoms. The van der Waals surface area contributed by atoms with Crippen molar-refractivity contribution in [3.05, 3.63) is 65.2 Å². The van der Waals surface area contributed by atoms with Gasteiger partial charge in [-0.1, -0.05) is 62.7 Å². The van der Waals surface area contributed by atoms with E-state index in [1.54, 1.807) is 16.4 Å². The van der Waals surface area contributed by atoms with Crippen LogP contribution in [0, 0.1) is 6.92 Å². The summed E-state index contributed by atoms with van der Waals surface area (Å²) >= 11 is 0. The molecule has 1 heterocycles. The lowest BCUT2D eigenvalue weighted by atomic mass is 9.85. The maximum absolute atomic E-state index is 12.9. The van der Waals surface area contributed by atoms with Crippen LogP contribution in [-0.2, 0) is 15.4 Å². The van der Waals surface area contributed by atoms with Gasteiger partial charge in [-0.3, -0.25) is 0 Å². The standard InChI is InChI=1S/C20H25NO2S/c1-15-5-11-18(12-6-15)24(22,23)21-14-13-19(21)16-7-9-17(10-8-16)20(2,3)4/h5-12,19H,13-14H2,1-4H3. The summed E-state index contributed by atoms with van der Waals surface area (Å²) in [6.07, 6.45) is 0.875. The van der Waals surface area contributed by atoms with E-state index in [0.29, 0.717) is 11.4 Å². The van der Waals surface area contributed by atoms with Crippen molar-refractivity contribution in [3.63, 3.8) is 0 Å². The number of sulfonamides is 1. The number of aryl methyl sites for hydroxylation is 1. The fraction of sp³-hybridized carbons (Fsp3) is 0.400. The van der Waals surface area contributed by atoms with Crippen LogP contribution in [0.15, 0.2) is 53.4 Å². The topological polar surface area (TPSA) is 37.4 Å². The zero-order valence-corrected chi connectivity index (χ0v) is 15.6. The molecule has 0 bridgehead atoms. The summed E-state index contributed by atoms with van der Waals surface area (Å²) in [6.45, 7) is 9.08. The third kappa shape index (κ3) is 3.13. The normalized spacial score (nSPS) is 19.1. The molecule has 1 unspecified atom stereocenters. The molecule has 0 amide bonds. The molecule has 0 aliphatic carbocycles. The maximum Gasteiger partial charge on any atom is 0.243 e. The molecular weight excluding hydrogens is 318 g/mol. The maximum atomic E-state index is 12.9. The summed E-state index contributed by atoms with van der Waals surface area (Å²) in [5.74, 6) is 0. The lowest BCUT2D eigenvalue weighted by molar-refractivity contribution is 0.202. The molecule has 0 N–H and O–H groups in total. The fourth-order valence-corrected chi connectivity index (χ4v) is 4.69. The summed E-state index contributed by atoms with van der Waals surface area (Å²) in [5.41, 5.74) is 3.50. The third-order valence-electron chi connectivity index (χ3n) is 4.76. The molecule has 2 aromatic rings. The Balaban J connectivity index is 1.85. The number of benzene rings is 2. The highest BCUT2D eigenvalue weighted by molar-refractivity contribution is 7.89. The summed E-state index contributed by atoms with van der Waals surface area (Å²) in [7, 11) is -3.42. The van der Waals surface area contributed by atoms with E-state index in [4.69, 9.17) is 0 Å². The second-order valence-corrected chi connectivity index (χ2v) is 9.50. The Morgan fingerprint density at radius 2 is 1.54 bits per heavy atom. The van der Waals surface area contributed by atoms with Gasteiger partial charge in [0.2, 0.25) is 10.0 Å². The minimum Gasteiger partial charge on any atom is -0.207 e. The van der Waals surface area contributed by atoms with Crippen molar-refractivity contribution >= 4 is 10.0 Å². The molecule has 24 heavy (non-hydrogen) atoms. The summed E-state index contributed by atoms with van der Waals surface area (Å²) in [5, 5.41) is 0. The Morgan fingerprint density at radius 3 is 2.00 bits per heavy atom. The van der Waals surface area contributed by atoms with Crippen LogP contribution in [0.5, 0.6) is 0 Å². The average Bonchev–Trinajstić information content (AvgIpc) is 2.45. The van der Waals surface area contributed by atoms with Gasteiger partial charge >= 0.3 is 0 Å². The van der Waals surface area contributed by atoms with E-state index in [1.807, 2.05) is 19.1 Å². The SMILES string of the molecule is Cc1ccc(S(=O)(=O)N2CCC2c2ccc(C(C)(C)C)cc2)cc1. The molecule has 1 aliphatic rings. The summed E-state index contributed by atoms with van der Waals surface area (Å²) < 4.78 is 27.3. The molecule has 1 fully saturated rings. The third-order valence-corrected chi connectivity index (χ3v) is 6.68. The Bertz CT molecular complexity index is 815. The molecule has 1 aliphatic heterocycles. The van der Waals surface area contributed by atoms with Crippen LogP contribution in [0.3, 0.4) is 0 Å². The van der Waals surface area contributed by atoms with Gasteiger partial charge in [0, 0.05) is 6.54 Å². The van der Waals surface area contributed by atoms with Crippen molar-refractivity contribution in [3.8, 4) is 0 Å². The number of hydrogen-bond donors (Lipinski definition) is 0. The van der Waals surface area contributed by atoms with E-state index in [1.165, 1.54) is 5.56 Å². The van der Waals surface area contributed by atoms with Gasteiger partial charge in [-0.15, -0.1) is 0 Å². The van der Waals surface area contributed by atoms with Gasteiger partial charge in [-0.2, -0.15) is 4.31 Å². The fourth-order valence-electron chi connectivity index (χ4n) is 3.04. The van der Waals surface area contributed by atoms with Gasteiger partial charge in [0.1, 0.15) is 0 Å². The second kappa shape index (κ2) is 6.01. The molecule has 0 radical (unpaired) electrons. The minimum atomic E-state index is -3.42. The molecule has 3 rings (SSSR count).